The van der Waals surface area contributed by atoms with Crippen molar-refractivity contribution in [1.29, 1.82) is 0 Å². The molecule has 0 aliphatic rings. The SMILES string of the molecule is O=[N+]([O-])c1ccccc1S(=O)(=O)C(=CCO)CS(=O)(=O)c1ccccc1. The summed E-state index contributed by atoms with van der Waals surface area (Å²) in [5, 5.41) is 20.2. The molecule has 0 fully saturated rings. The predicted octanol–water partition coefficient (Wildman–Crippen LogP) is 1.72. The van der Waals surface area contributed by atoms with Crippen LogP contribution < -0.4 is 0 Å². The van der Waals surface area contributed by atoms with E-state index in [-0.39, 0.29) is 4.90 Å². The van der Waals surface area contributed by atoms with E-state index >= 15 is 0 Å². The number of aliphatic hydroxyl groups is 1. The topological polar surface area (TPSA) is 132 Å². The van der Waals surface area contributed by atoms with E-state index in [9.17, 15) is 26.9 Å². The van der Waals surface area contributed by atoms with E-state index in [1.165, 1.54) is 36.4 Å². The van der Waals surface area contributed by atoms with E-state index in [4.69, 9.17) is 5.11 Å². The number of aliphatic hydroxyl groups excluding tert-OH is 1. The van der Waals surface area contributed by atoms with Crippen LogP contribution in [0.5, 0.6) is 0 Å². The zero-order chi connectivity index (χ0) is 19.4. The largest absolute Gasteiger partial charge is 0.392 e. The van der Waals surface area contributed by atoms with Crippen LogP contribution in [-0.4, -0.2) is 39.2 Å². The summed E-state index contributed by atoms with van der Waals surface area (Å²) >= 11 is 0. The van der Waals surface area contributed by atoms with E-state index in [1.54, 1.807) is 6.07 Å². The maximum absolute atomic E-state index is 12.8. The molecule has 2 rings (SSSR count). The van der Waals surface area contributed by atoms with E-state index in [0.717, 1.165) is 18.2 Å². The summed E-state index contributed by atoms with van der Waals surface area (Å²) < 4.78 is 50.6. The molecule has 0 aliphatic carbocycles. The lowest BCUT2D eigenvalue weighted by atomic mass is 10.3. The molecule has 26 heavy (non-hydrogen) atoms. The van der Waals surface area contributed by atoms with Crippen molar-refractivity contribution in [3.8, 4) is 0 Å². The molecular weight excluding hydrogens is 382 g/mol. The second-order valence-electron chi connectivity index (χ2n) is 5.15. The van der Waals surface area contributed by atoms with Gasteiger partial charge in [0.25, 0.3) is 5.69 Å². The predicted molar refractivity (Wildman–Crippen MR) is 93.9 cm³/mol. The minimum atomic E-state index is -4.50. The number of sulfone groups is 2. The highest BCUT2D eigenvalue weighted by Gasteiger charge is 2.32. The number of hydrogen-bond donors (Lipinski definition) is 1. The van der Waals surface area contributed by atoms with Crippen LogP contribution in [-0.2, 0) is 19.7 Å². The van der Waals surface area contributed by atoms with Gasteiger partial charge < -0.3 is 5.11 Å². The molecule has 0 bridgehead atoms. The molecule has 0 aliphatic heterocycles. The lowest BCUT2D eigenvalue weighted by molar-refractivity contribution is -0.387. The Morgan fingerprint density at radius 1 is 1.00 bits per heavy atom. The second-order valence-corrected chi connectivity index (χ2v) is 9.11. The zero-order valence-corrected chi connectivity index (χ0v) is 15.0. The summed E-state index contributed by atoms with van der Waals surface area (Å²) in [6.07, 6.45) is 0.826. The fourth-order valence-electron chi connectivity index (χ4n) is 2.22. The molecule has 10 heteroatoms. The van der Waals surface area contributed by atoms with E-state index in [2.05, 4.69) is 0 Å². The first-order chi connectivity index (χ1) is 12.2. The summed E-state index contributed by atoms with van der Waals surface area (Å²) in [6.45, 7) is -0.737. The molecule has 0 aromatic heterocycles. The van der Waals surface area contributed by atoms with Crippen molar-refractivity contribution in [2.75, 3.05) is 12.4 Å². The Kier molecular flexibility index (Phi) is 5.90. The molecule has 138 valence electrons. The van der Waals surface area contributed by atoms with Crippen molar-refractivity contribution in [1.82, 2.24) is 0 Å². The van der Waals surface area contributed by atoms with Gasteiger partial charge in [0.2, 0.25) is 9.84 Å². The lowest BCUT2D eigenvalue weighted by Crippen LogP contribution is -2.17. The zero-order valence-electron chi connectivity index (χ0n) is 13.3. The van der Waals surface area contributed by atoms with E-state index in [1.807, 2.05) is 0 Å². The van der Waals surface area contributed by atoms with Crippen LogP contribution in [0.25, 0.3) is 0 Å². The standard InChI is InChI=1S/C16H15NO7S2/c18-11-10-14(12-25(21,22)13-6-2-1-3-7-13)26(23,24)16-9-5-4-8-15(16)17(19)20/h1-10,18H,11-12H2. The van der Waals surface area contributed by atoms with Crippen LogP contribution in [0, 0.1) is 10.1 Å². The Bertz CT molecular complexity index is 1040. The van der Waals surface area contributed by atoms with Gasteiger partial charge in [-0.25, -0.2) is 16.8 Å². The lowest BCUT2D eigenvalue weighted by Gasteiger charge is -2.11. The molecule has 2 aromatic carbocycles. The molecule has 0 radical (unpaired) electrons. The number of para-hydroxylation sites is 1. The fraction of sp³-hybridized carbons (Fsp3) is 0.125. The van der Waals surface area contributed by atoms with Gasteiger partial charge in [0.1, 0.15) is 4.90 Å². The number of nitrogens with zero attached hydrogens (tertiary/aromatic N) is 1. The van der Waals surface area contributed by atoms with Crippen molar-refractivity contribution >= 4 is 25.4 Å². The molecule has 2 aromatic rings. The summed E-state index contributed by atoms with van der Waals surface area (Å²) in [5.74, 6) is -0.925. The summed E-state index contributed by atoms with van der Waals surface area (Å²) in [7, 11) is -8.53. The van der Waals surface area contributed by atoms with Gasteiger partial charge in [-0.2, -0.15) is 0 Å². The van der Waals surface area contributed by atoms with Crippen LogP contribution in [0.4, 0.5) is 5.69 Å². The normalized spacial score (nSPS) is 12.7. The van der Waals surface area contributed by atoms with Crippen LogP contribution in [0.15, 0.2) is 75.4 Å². The minimum Gasteiger partial charge on any atom is -0.392 e. The fourth-order valence-corrected chi connectivity index (χ4v) is 5.79. The highest BCUT2D eigenvalue weighted by molar-refractivity contribution is 7.98. The third-order valence-electron chi connectivity index (χ3n) is 3.45. The average Bonchev–Trinajstić information content (AvgIpc) is 2.62. The molecule has 1 N–H and O–H groups in total. The van der Waals surface area contributed by atoms with E-state index in [0.29, 0.717) is 0 Å². The summed E-state index contributed by atoms with van der Waals surface area (Å²) in [5.41, 5.74) is -0.673. The van der Waals surface area contributed by atoms with Gasteiger partial charge in [0, 0.05) is 6.07 Å². The van der Waals surface area contributed by atoms with Crippen molar-refractivity contribution in [3.05, 3.63) is 75.7 Å². The van der Waals surface area contributed by atoms with Gasteiger partial charge in [-0.3, -0.25) is 10.1 Å². The highest BCUT2D eigenvalue weighted by atomic mass is 32.2. The van der Waals surface area contributed by atoms with Crippen LogP contribution in [0.2, 0.25) is 0 Å². The van der Waals surface area contributed by atoms with Gasteiger partial charge in [-0.15, -0.1) is 0 Å². The van der Waals surface area contributed by atoms with Gasteiger partial charge in [-0.05, 0) is 24.3 Å². The molecule has 0 spiro atoms. The first-order valence-corrected chi connectivity index (χ1v) is 10.4. The maximum atomic E-state index is 12.8. The Labute approximate surface area is 150 Å². The monoisotopic (exact) mass is 397 g/mol. The number of nitro groups is 1. The molecular formula is C16H15NO7S2. The maximum Gasteiger partial charge on any atom is 0.288 e. The molecule has 0 saturated carbocycles. The Morgan fingerprint density at radius 3 is 2.15 bits per heavy atom. The first kappa shape index (κ1) is 19.8. The van der Waals surface area contributed by atoms with E-state index < -0.39 is 52.4 Å². The molecule has 0 unspecified atom stereocenters. The number of benzene rings is 2. The molecule has 0 atom stereocenters. The highest BCUT2D eigenvalue weighted by Crippen LogP contribution is 2.30. The molecule has 8 nitrogen and oxygen atoms in total. The van der Waals surface area contributed by atoms with Crippen molar-refractivity contribution in [3.63, 3.8) is 0 Å². The number of rotatable bonds is 7. The minimum absolute atomic E-state index is 0.0957. The molecule has 0 saturated heterocycles. The summed E-state index contributed by atoms with van der Waals surface area (Å²) in [4.78, 5) is 8.89. The van der Waals surface area contributed by atoms with Gasteiger partial charge in [-0.1, -0.05) is 30.3 Å². The van der Waals surface area contributed by atoms with Gasteiger partial charge in [0.15, 0.2) is 9.84 Å². The quantitative estimate of drug-likeness (QED) is 0.556. The third kappa shape index (κ3) is 4.15. The Balaban J connectivity index is 2.55. The third-order valence-corrected chi connectivity index (χ3v) is 7.24. The van der Waals surface area contributed by atoms with Crippen molar-refractivity contribution in [2.45, 2.75) is 9.79 Å². The van der Waals surface area contributed by atoms with Gasteiger partial charge >= 0.3 is 0 Å². The first-order valence-electron chi connectivity index (χ1n) is 7.26. The summed E-state index contributed by atoms with van der Waals surface area (Å²) in [6, 6.07) is 11.8. The number of nitro benzene ring substituents is 1. The van der Waals surface area contributed by atoms with Crippen molar-refractivity contribution in [2.24, 2.45) is 0 Å². The van der Waals surface area contributed by atoms with Crippen molar-refractivity contribution < 1.29 is 26.9 Å². The Morgan fingerprint density at radius 2 is 1.58 bits per heavy atom. The van der Waals surface area contributed by atoms with Crippen LogP contribution in [0.1, 0.15) is 0 Å². The Hall–Kier alpha value is -2.56. The number of hydrogen-bond acceptors (Lipinski definition) is 7. The smallest absolute Gasteiger partial charge is 0.288 e. The molecule has 0 amide bonds. The molecule has 0 heterocycles. The second kappa shape index (κ2) is 7.77. The van der Waals surface area contributed by atoms with Gasteiger partial charge in [0.05, 0.1) is 27.1 Å². The average molecular weight is 397 g/mol. The van der Waals surface area contributed by atoms with Crippen LogP contribution in [0.3, 0.4) is 0 Å². The van der Waals surface area contributed by atoms with Crippen LogP contribution >= 0.6 is 0 Å².